The van der Waals surface area contributed by atoms with Crippen LogP contribution in [0.25, 0.3) is 0 Å². The third-order valence-corrected chi connectivity index (χ3v) is 3.13. The van der Waals surface area contributed by atoms with Gasteiger partial charge in [0, 0.05) is 13.6 Å². The summed E-state index contributed by atoms with van der Waals surface area (Å²) in [7, 11) is 1.61. The van der Waals surface area contributed by atoms with E-state index in [4.69, 9.17) is 11.0 Å². The molecule has 2 aliphatic heterocycles. The zero-order chi connectivity index (χ0) is 11.0. The summed E-state index contributed by atoms with van der Waals surface area (Å²) in [5, 5.41) is 9.05. The fraction of sp³-hybridized carbons (Fsp3) is 0.600. The first-order chi connectivity index (χ1) is 7.16. The van der Waals surface area contributed by atoms with Crippen molar-refractivity contribution in [3.05, 3.63) is 11.4 Å². The van der Waals surface area contributed by atoms with Crippen LogP contribution in [-0.4, -0.2) is 35.5 Å². The third kappa shape index (κ3) is 1.33. The monoisotopic (exact) mass is 206 g/mol. The highest BCUT2D eigenvalue weighted by Gasteiger charge is 2.38. The number of carbonyl (C=O) groups is 1. The Morgan fingerprint density at radius 1 is 1.53 bits per heavy atom. The number of urea groups is 1. The maximum absolute atomic E-state index is 11.9. The van der Waals surface area contributed by atoms with Crippen molar-refractivity contribution in [3.8, 4) is 6.07 Å². The molecule has 0 bridgehead atoms. The summed E-state index contributed by atoms with van der Waals surface area (Å²) in [5.74, 6) is 0.311. The van der Waals surface area contributed by atoms with E-state index in [0.717, 1.165) is 25.8 Å². The zero-order valence-electron chi connectivity index (χ0n) is 8.73. The minimum atomic E-state index is -0.0903. The Kier molecular flexibility index (Phi) is 2.27. The van der Waals surface area contributed by atoms with Gasteiger partial charge in [-0.05, 0) is 19.3 Å². The van der Waals surface area contributed by atoms with Gasteiger partial charge in [-0.25, -0.2) is 4.79 Å². The van der Waals surface area contributed by atoms with Gasteiger partial charge >= 0.3 is 6.03 Å². The predicted octanol–water partition coefficient (Wildman–Crippen LogP) is 0.600. The van der Waals surface area contributed by atoms with Crippen LogP contribution in [0.5, 0.6) is 0 Å². The molecule has 5 heteroatoms. The van der Waals surface area contributed by atoms with Gasteiger partial charge < -0.3 is 10.6 Å². The van der Waals surface area contributed by atoms with Gasteiger partial charge in [0.2, 0.25) is 0 Å². The van der Waals surface area contributed by atoms with Gasteiger partial charge in [0.1, 0.15) is 11.9 Å². The minimum Gasteiger partial charge on any atom is -0.384 e. The topological polar surface area (TPSA) is 73.4 Å². The number of amides is 2. The number of rotatable bonds is 0. The van der Waals surface area contributed by atoms with Gasteiger partial charge in [-0.15, -0.1) is 0 Å². The van der Waals surface area contributed by atoms with E-state index in [1.165, 1.54) is 4.90 Å². The quantitative estimate of drug-likeness (QED) is 0.630. The number of hydrogen-bond donors (Lipinski definition) is 1. The molecule has 2 amide bonds. The summed E-state index contributed by atoms with van der Waals surface area (Å²) in [5.41, 5.74) is 6.30. The standard InChI is InChI=1S/C10H14N4O/c1-13-9(12)7(6-11)8-4-2-3-5-14(8)10(13)15/h8H,2-5,12H2,1H3. The van der Waals surface area contributed by atoms with Crippen LogP contribution in [0.15, 0.2) is 11.4 Å². The molecule has 0 aliphatic carbocycles. The summed E-state index contributed by atoms with van der Waals surface area (Å²) < 4.78 is 0. The molecule has 2 heterocycles. The van der Waals surface area contributed by atoms with Crippen LogP contribution in [0.2, 0.25) is 0 Å². The van der Waals surface area contributed by atoms with Crippen molar-refractivity contribution in [1.29, 1.82) is 5.26 Å². The van der Waals surface area contributed by atoms with Gasteiger partial charge in [0.05, 0.1) is 11.6 Å². The van der Waals surface area contributed by atoms with Crippen molar-refractivity contribution >= 4 is 6.03 Å². The molecule has 0 radical (unpaired) electrons. The van der Waals surface area contributed by atoms with Crippen LogP contribution < -0.4 is 5.73 Å². The molecule has 1 atom stereocenters. The number of piperidine rings is 1. The lowest BCUT2D eigenvalue weighted by Crippen LogP contribution is -2.55. The zero-order valence-corrected chi connectivity index (χ0v) is 8.73. The minimum absolute atomic E-state index is 0.0869. The molecule has 2 aliphatic rings. The van der Waals surface area contributed by atoms with E-state index in [9.17, 15) is 4.79 Å². The molecule has 0 spiro atoms. The smallest absolute Gasteiger partial charge is 0.325 e. The summed E-state index contributed by atoms with van der Waals surface area (Å²) in [4.78, 5) is 15.0. The number of fused-ring (bicyclic) bond motifs is 1. The molecule has 80 valence electrons. The van der Waals surface area contributed by atoms with E-state index in [1.807, 2.05) is 0 Å². The van der Waals surface area contributed by atoms with E-state index < -0.39 is 0 Å². The molecule has 0 saturated carbocycles. The largest absolute Gasteiger partial charge is 0.384 e. The van der Waals surface area contributed by atoms with E-state index in [2.05, 4.69) is 6.07 Å². The molecular formula is C10H14N4O. The Hall–Kier alpha value is -1.70. The second-order valence-corrected chi connectivity index (χ2v) is 3.96. The lowest BCUT2D eigenvalue weighted by Gasteiger charge is -2.42. The van der Waals surface area contributed by atoms with Gasteiger partial charge in [-0.1, -0.05) is 0 Å². The first kappa shape index (κ1) is 9.84. The molecule has 0 aromatic heterocycles. The van der Waals surface area contributed by atoms with Crippen LogP contribution in [0.4, 0.5) is 4.79 Å². The molecule has 15 heavy (non-hydrogen) atoms. The van der Waals surface area contributed by atoms with Crippen LogP contribution in [0, 0.1) is 11.3 Å². The van der Waals surface area contributed by atoms with Crippen molar-refractivity contribution in [1.82, 2.24) is 9.80 Å². The van der Waals surface area contributed by atoms with Crippen molar-refractivity contribution in [2.24, 2.45) is 5.73 Å². The number of nitrogens with zero attached hydrogens (tertiary/aromatic N) is 3. The highest BCUT2D eigenvalue weighted by molar-refractivity contribution is 5.79. The highest BCUT2D eigenvalue weighted by Crippen LogP contribution is 2.29. The van der Waals surface area contributed by atoms with E-state index in [1.54, 1.807) is 11.9 Å². The van der Waals surface area contributed by atoms with Gasteiger partial charge in [-0.3, -0.25) is 4.90 Å². The van der Waals surface area contributed by atoms with Crippen LogP contribution >= 0.6 is 0 Å². The number of carbonyl (C=O) groups excluding carboxylic acids is 1. The molecule has 0 aromatic carbocycles. The van der Waals surface area contributed by atoms with Crippen molar-refractivity contribution in [3.63, 3.8) is 0 Å². The predicted molar refractivity (Wildman–Crippen MR) is 54.3 cm³/mol. The molecular weight excluding hydrogens is 192 g/mol. The molecule has 1 saturated heterocycles. The summed E-state index contributed by atoms with van der Waals surface area (Å²) in [6, 6.07) is 1.95. The maximum Gasteiger partial charge on any atom is 0.325 e. The van der Waals surface area contributed by atoms with Crippen molar-refractivity contribution in [2.45, 2.75) is 25.3 Å². The third-order valence-electron chi connectivity index (χ3n) is 3.13. The van der Waals surface area contributed by atoms with Gasteiger partial charge in [0.25, 0.3) is 0 Å². The summed E-state index contributed by atoms with van der Waals surface area (Å²) in [6.07, 6.45) is 2.91. The van der Waals surface area contributed by atoms with Crippen LogP contribution in [0.1, 0.15) is 19.3 Å². The van der Waals surface area contributed by atoms with Gasteiger partial charge in [-0.2, -0.15) is 5.26 Å². The first-order valence-electron chi connectivity index (χ1n) is 5.11. The Morgan fingerprint density at radius 3 is 2.93 bits per heavy atom. The number of hydrogen-bond acceptors (Lipinski definition) is 3. The summed E-state index contributed by atoms with van der Waals surface area (Å²) in [6.45, 7) is 0.728. The Morgan fingerprint density at radius 2 is 2.27 bits per heavy atom. The molecule has 2 rings (SSSR count). The second kappa shape index (κ2) is 3.46. The second-order valence-electron chi connectivity index (χ2n) is 3.96. The van der Waals surface area contributed by atoms with Crippen LogP contribution in [0.3, 0.4) is 0 Å². The van der Waals surface area contributed by atoms with Crippen molar-refractivity contribution in [2.75, 3.05) is 13.6 Å². The molecule has 1 unspecified atom stereocenters. The van der Waals surface area contributed by atoms with Gasteiger partial charge in [0.15, 0.2) is 0 Å². The SMILES string of the molecule is CN1C(=O)N2CCCCC2C(C#N)=C1N. The Labute approximate surface area is 88.7 Å². The lowest BCUT2D eigenvalue weighted by atomic mass is 9.94. The molecule has 5 nitrogen and oxygen atoms in total. The maximum atomic E-state index is 11.9. The normalized spacial score (nSPS) is 26.4. The fourth-order valence-corrected chi connectivity index (χ4v) is 2.24. The van der Waals surface area contributed by atoms with E-state index in [-0.39, 0.29) is 12.1 Å². The average molecular weight is 206 g/mol. The lowest BCUT2D eigenvalue weighted by molar-refractivity contribution is 0.130. The van der Waals surface area contributed by atoms with Crippen molar-refractivity contribution < 1.29 is 4.79 Å². The number of nitrogens with two attached hydrogens (primary N) is 1. The van der Waals surface area contributed by atoms with E-state index in [0.29, 0.717) is 11.4 Å². The highest BCUT2D eigenvalue weighted by atomic mass is 16.2. The molecule has 0 aromatic rings. The van der Waals surface area contributed by atoms with E-state index >= 15 is 0 Å². The fourth-order valence-electron chi connectivity index (χ4n) is 2.24. The Bertz CT molecular complexity index is 368. The summed E-state index contributed by atoms with van der Waals surface area (Å²) >= 11 is 0. The average Bonchev–Trinajstić information content (AvgIpc) is 2.27. The molecule has 2 N–H and O–H groups in total. The van der Waals surface area contributed by atoms with Crippen LogP contribution in [-0.2, 0) is 0 Å². The molecule has 1 fully saturated rings. The first-order valence-corrected chi connectivity index (χ1v) is 5.11. The number of nitriles is 1. The Balaban J connectivity index is 2.43.